The fourth-order valence-corrected chi connectivity index (χ4v) is 2.98. The van der Waals surface area contributed by atoms with Crippen LogP contribution < -0.4 is 5.32 Å². The zero-order chi connectivity index (χ0) is 13.3. The van der Waals surface area contributed by atoms with Crippen LogP contribution in [0.2, 0.25) is 0 Å². The molecular weight excluding hydrogens is 234 g/mol. The first-order chi connectivity index (χ1) is 7.95. The molecule has 0 aliphatic heterocycles. The van der Waals surface area contributed by atoms with Crippen molar-refractivity contribution >= 4 is 9.84 Å². The van der Waals surface area contributed by atoms with Crippen LogP contribution in [0.5, 0.6) is 0 Å². The number of rotatable bonds is 10. The van der Waals surface area contributed by atoms with E-state index in [-0.39, 0.29) is 17.5 Å². The fraction of sp³-hybridized carbons (Fsp3) is 1.00. The third-order valence-corrected chi connectivity index (χ3v) is 5.13. The molecule has 2 atom stereocenters. The second kappa shape index (κ2) is 8.92. The van der Waals surface area contributed by atoms with Crippen LogP contribution in [0.3, 0.4) is 0 Å². The maximum absolute atomic E-state index is 11.5. The van der Waals surface area contributed by atoms with Crippen molar-refractivity contribution in [3.05, 3.63) is 0 Å². The minimum Gasteiger partial charge on any atom is -0.313 e. The van der Waals surface area contributed by atoms with Crippen LogP contribution in [-0.2, 0) is 9.84 Å². The standard InChI is InChI=1S/C13H29NO2S/c1-5-8-9-13(6-2)10-14-12(4)11-17(15,16)7-3/h12-14H,5-11H2,1-4H3. The fourth-order valence-electron chi connectivity index (χ4n) is 1.87. The maximum atomic E-state index is 11.5. The van der Waals surface area contributed by atoms with E-state index in [2.05, 4.69) is 19.2 Å². The molecule has 0 aliphatic rings. The summed E-state index contributed by atoms with van der Waals surface area (Å²) in [6, 6.07) is 0.0654. The van der Waals surface area contributed by atoms with E-state index >= 15 is 0 Å². The average Bonchev–Trinajstić information content (AvgIpc) is 2.29. The normalized spacial score (nSPS) is 15.8. The monoisotopic (exact) mass is 263 g/mol. The molecule has 0 aliphatic carbocycles. The smallest absolute Gasteiger partial charge is 0.151 e. The maximum Gasteiger partial charge on any atom is 0.151 e. The third kappa shape index (κ3) is 8.61. The van der Waals surface area contributed by atoms with E-state index in [4.69, 9.17) is 0 Å². The van der Waals surface area contributed by atoms with E-state index in [0.717, 1.165) is 6.54 Å². The van der Waals surface area contributed by atoms with Crippen molar-refractivity contribution in [2.45, 2.75) is 59.4 Å². The summed E-state index contributed by atoms with van der Waals surface area (Å²) in [5.74, 6) is 1.18. The molecule has 0 fully saturated rings. The van der Waals surface area contributed by atoms with Crippen LogP contribution in [0.25, 0.3) is 0 Å². The van der Waals surface area contributed by atoms with Crippen molar-refractivity contribution in [1.29, 1.82) is 0 Å². The molecule has 4 heteroatoms. The number of nitrogens with one attached hydrogen (secondary N) is 1. The van der Waals surface area contributed by atoms with Crippen LogP contribution in [0.4, 0.5) is 0 Å². The Morgan fingerprint density at radius 1 is 1.18 bits per heavy atom. The van der Waals surface area contributed by atoms with Crippen LogP contribution in [0.15, 0.2) is 0 Å². The Kier molecular flexibility index (Phi) is 8.88. The van der Waals surface area contributed by atoms with Gasteiger partial charge in [-0.25, -0.2) is 8.42 Å². The van der Waals surface area contributed by atoms with Crippen molar-refractivity contribution in [3.63, 3.8) is 0 Å². The SMILES string of the molecule is CCCCC(CC)CNC(C)CS(=O)(=O)CC. The molecule has 104 valence electrons. The molecule has 0 amide bonds. The molecule has 0 saturated heterocycles. The van der Waals surface area contributed by atoms with E-state index in [1.807, 2.05) is 6.92 Å². The van der Waals surface area contributed by atoms with E-state index in [1.54, 1.807) is 6.92 Å². The van der Waals surface area contributed by atoms with Crippen molar-refractivity contribution in [3.8, 4) is 0 Å². The number of hydrogen-bond donors (Lipinski definition) is 1. The van der Waals surface area contributed by atoms with Gasteiger partial charge in [-0.2, -0.15) is 0 Å². The Hall–Kier alpha value is -0.0900. The van der Waals surface area contributed by atoms with Gasteiger partial charge < -0.3 is 5.32 Å². The van der Waals surface area contributed by atoms with Gasteiger partial charge in [0.1, 0.15) is 0 Å². The highest BCUT2D eigenvalue weighted by molar-refractivity contribution is 7.91. The Balaban J connectivity index is 3.92. The highest BCUT2D eigenvalue weighted by atomic mass is 32.2. The van der Waals surface area contributed by atoms with Gasteiger partial charge in [0.15, 0.2) is 9.84 Å². The summed E-state index contributed by atoms with van der Waals surface area (Å²) in [5.41, 5.74) is 0. The lowest BCUT2D eigenvalue weighted by Crippen LogP contribution is -2.36. The van der Waals surface area contributed by atoms with E-state index in [0.29, 0.717) is 5.92 Å². The zero-order valence-electron chi connectivity index (χ0n) is 11.8. The highest BCUT2D eigenvalue weighted by Gasteiger charge is 2.14. The lowest BCUT2D eigenvalue weighted by atomic mass is 9.99. The minimum atomic E-state index is -2.85. The van der Waals surface area contributed by atoms with Crippen molar-refractivity contribution in [2.75, 3.05) is 18.1 Å². The van der Waals surface area contributed by atoms with E-state index in [9.17, 15) is 8.42 Å². The Morgan fingerprint density at radius 3 is 2.29 bits per heavy atom. The number of sulfone groups is 1. The quantitative estimate of drug-likeness (QED) is 0.659. The van der Waals surface area contributed by atoms with Gasteiger partial charge in [0, 0.05) is 11.8 Å². The predicted octanol–water partition coefficient (Wildman–Crippen LogP) is 2.62. The number of hydrogen-bond acceptors (Lipinski definition) is 3. The molecule has 0 rings (SSSR count). The first-order valence-corrected chi connectivity index (χ1v) is 8.71. The second-order valence-electron chi connectivity index (χ2n) is 4.92. The molecule has 0 saturated carbocycles. The van der Waals surface area contributed by atoms with Crippen LogP contribution in [0, 0.1) is 5.92 Å². The lowest BCUT2D eigenvalue weighted by Gasteiger charge is -2.19. The van der Waals surface area contributed by atoms with Gasteiger partial charge in [-0.05, 0) is 25.8 Å². The first-order valence-electron chi connectivity index (χ1n) is 6.88. The number of unbranched alkanes of at least 4 members (excludes halogenated alkanes) is 1. The summed E-state index contributed by atoms with van der Waals surface area (Å²) in [6.45, 7) is 9.01. The first kappa shape index (κ1) is 16.9. The molecular formula is C13H29NO2S. The van der Waals surface area contributed by atoms with Gasteiger partial charge in [-0.15, -0.1) is 0 Å². The molecule has 0 aromatic carbocycles. The summed E-state index contributed by atoms with van der Waals surface area (Å²) in [7, 11) is -2.85. The largest absolute Gasteiger partial charge is 0.313 e. The molecule has 0 radical (unpaired) electrons. The average molecular weight is 263 g/mol. The third-order valence-electron chi connectivity index (χ3n) is 3.24. The molecule has 1 N–H and O–H groups in total. The van der Waals surface area contributed by atoms with Gasteiger partial charge in [0.25, 0.3) is 0 Å². The molecule has 0 aromatic rings. The van der Waals surface area contributed by atoms with Gasteiger partial charge in [-0.1, -0.05) is 40.0 Å². The van der Waals surface area contributed by atoms with Gasteiger partial charge in [0.2, 0.25) is 0 Å². The summed E-state index contributed by atoms with van der Waals surface area (Å²) >= 11 is 0. The van der Waals surface area contributed by atoms with Crippen LogP contribution in [0.1, 0.15) is 53.4 Å². The van der Waals surface area contributed by atoms with E-state index in [1.165, 1.54) is 25.7 Å². The molecule has 3 nitrogen and oxygen atoms in total. The zero-order valence-corrected chi connectivity index (χ0v) is 12.6. The lowest BCUT2D eigenvalue weighted by molar-refractivity contribution is 0.402. The predicted molar refractivity (Wildman–Crippen MR) is 75.1 cm³/mol. The van der Waals surface area contributed by atoms with Gasteiger partial charge in [-0.3, -0.25) is 0 Å². The molecule has 17 heavy (non-hydrogen) atoms. The molecule has 0 aromatic heterocycles. The molecule has 2 unspecified atom stereocenters. The summed E-state index contributed by atoms with van der Waals surface area (Å²) in [5, 5.41) is 3.35. The summed E-state index contributed by atoms with van der Waals surface area (Å²) < 4.78 is 22.9. The van der Waals surface area contributed by atoms with Crippen molar-refractivity contribution in [1.82, 2.24) is 5.32 Å². The topological polar surface area (TPSA) is 46.2 Å². The van der Waals surface area contributed by atoms with Gasteiger partial charge >= 0.3 is 0 Å². The van der Waals surface area contributed by atoms with Gasteiger partial charge in [0.05, 0.1) is 5.75 Å². The molecule has 0 spiro atoms. The van der Waals surface area contributed by atoms with Crippen molar-refractivity contribution in [2.24, 2.45) is 5.92 Å². The Bertz CT molecular complexity index is 275. The Morgan fingerprint density at radius 2 is 1.82 bits per heavy atom. The second-order valence-corrected chi connectivity index (χ2v) is 7.32. The Labute approximate surface area is 107 Å². The van der Waals surface area contributed by atoms with E-state index < -0.39 is 9.84 Å². The van der Waals surface area contributed by atoms with Crippen molar-refractivity contribution < 1.29 is 8.42 Å². The van der Waals surface area contributed by atoms with Crippen LogP contribution >= 0.6 is 0 Å². The highest BCUT2D eigenvalue weighted by Crippen LogP contribution is 2.11. The molecule has 0 bridgehead atoms. The summed E-state index contributed by atoms with van der Waals surface area (Å²) in [6.07, 6.45) is 4.91. The van der Waals surface area contributed by atoms with Crippen LogP contribution in [-0.4, -0.2) is 32.5 Å². The summed E-state index contributed by atoms with van der Waals surface area (Å²) in [4.78, 5) is 0. The molecule has 0 heterocycles. The minimum absolute atomic E-state index is 0.0654.